The van der Waals surface area contributed by atoms with Crippen LogP contribution in [-0.2, 0) is 16.1 Å². The molecule has 0 unspecified atom stereocenters. The zero-order valence-electron chi connectivity index (χ0n) is 15.1. The molecule has 0 atom stereocenters. The Balaban J connectivity index is 1.54. The molecule has 0 aliphatic carbocycles. The Kier molecular flexibility index (Phi) is 7.39. The van der Waals surface area contributed by atoms with Gasteiger partial charge in [-0.05, 0) is 48.5 Å². The van der Waals surface area contributed by atoms with E-state index >= 15 is 0 Å². The van der Waals surface area contributed by atoms with E-state index in [0.29, 0.717) is 38.0 Å². The maximum absolute atomic E-state index is 12.0. The SMILES string of the molecule is O=C(NCc1ccc(C=Nc2cc(Cl)cc(Cl)c2)o1)C(=O)Nc1ccc(Cl)c(Cl)c1. The fraction of sp³-hybridized carbons (Fsp3) is 0.0500. The van der Waals surface area contributed by atoms with Crippen LogP contribution in [0.2, 0.25) is 20.1 Å². The van der Waals surface area contributed by atoms with Gasteiger partial charge in [-0.1, -0.05) is 46.4 Å². The fourth-order valence-corrected chi connectivity index (χ4v) is 3.13. The number of amides is 2. The van der Waals surface area contributed by atoms with Gasteiger partial charge in [0.15, 0.2) is 0 Å². The number of benzene rings is 2. The maximum atomic E-state index is 12.0. The molecule has 0 spiro atoms. The van der Waals surface area contributed by atoms with E-state index < -0.39 is 11.8 Å². The third-order valence-corrected chi connectivity index (χ3v) is 4.85. The standard InChI is InChI=1S/C20H13Cl4N3O3/c21-11-5-12(22)7-14(6-11)25-9-15-2-3-16(30-15)10-26-19(28)20(29)27-13-1-4-17(23)18(24)8-13/h1-9H,10H2,(H,26,28)(H,27,29). The number of rotatable bonds is 5. The Morgan fingerprint density at radius 3 is 2.33 bits per heavy atom. The lowest BCUT2D eigenvalue weighted by atomic mass is 10.3. The molecule has 2 aromatic carbocycles. The molecule has 154 valence electrons. The van der Waals surface area contributed by atoms with Crippen LogP contribution in [0.5, 0.6) is 0 Å². The van der Waals surface area contributed by atoms with E-state index in [2.05, 4.69) is 15.6 Å². The van der Waals surface area contributed by atoms with Crippen molar-refractivity contribution < 1.29 is 14.0 Å². The van der Waals surface area contributed by atoms with Gasteiger partial charge in [-0.2, -0.15) is 0 Å². The van der Waals surface area contributed by atoms with E-state index in [4.69, 9.17) is 50.8 Å². The summed E-state index contributed by atoms with van der Waals surface area (Å²) in [6.07, 6.45) is 1.49. The average Bonchev–Trinajstić information content (AvgIpc) is 3.14. The number of furan rings is 1. The van der Waals surface area contributed by atoms with E-state index in [-0.39, 0.29) is 11.6 Å². The van der Waals surface area contributed by atoms with Crippen LogP contribution in [-0.4, -0.2) is 18.0 Å². The summed E-state index contributed by atoms with van der Waals surface area (Å²) in [5.41, 5.74) is 0.917. The van der Waals surface area contributed by atoms with Crippen LogP contribution in [0, 0.1) is 0 Å². The van der Waals surface area contributed by atoms with E-state index in [9.17, 15) is 9.59 Å². The van der Waals surface area contributed by atoms with Crippen molar-refractivity contribution in [2.24, 2.45) is 4.99 Å². The van der Waals surface area contributed by atoms with Gasteiger partial charge in [-0.3, -0.25) is 14.6 Å². The molecule has 0 aliphatic heterocycles. The van der Waals surface area contributed by atoms with Crippen molar-refractivity contribution in [1.29, 1.82) is 0 Å². The highest BCUT2D eigenvalue weighted by molar-refractivity contribution is 6.43. The molecule has 2 amide bonds. The van der Waals surface area contributed by atoms with Crippen molar-refractivity contribution in [2.75, 3.05) is 5.32 Å². The number of halogens is 4. The van der Waals surface area contributed by atoms with Gasteiger partial charge in [0.1, 0.15) is 11.5 Å². The molecule has 3 rings (SSSR count). The quantitative estimate of drug-likeness (QED) is 0.349. The zero-order chi connectivity index (χ0) is 21.7. The summed E-state index contributed by atoms with van der Waals surface area (Å²) in [5.74, 6) is -0.785. The summed E-state index contributed by atoms with van der Waals surface area (Å²) in [6.45, 7) is 0.0183. The average molecular weight is 485 g/mol. The van der Waals surface area contributed by atoms with Crippen molar-refractivity contribution in [3.05, 3.63) is 80.1 Å². The molecule has 0 saturated carbocycles. The minimum absolute atomic E-state index is 0.0183. The van der Waals surface area contributed by atoms with Crippen LogP contribution < -0.4 is 10.6 Å². The number of nitrogens with zero attached hydrogens (tertiary/aromatic N) is 1. The largest absolute Gasteiger partial charge is 0.458 e. The van der Waals surface area contributed by atoms with Gasteiger partial charge in [-0.15, -0.1) is 0 Å². The Bertz CT molecular complexity index is 1110. The van der Waals surface area contributed by atoms with Crippen LogP contribution in [0.1, 0.15) is 11.5 Å². The summed E-state index contributed by atoms with van der Waals surface area (Å²) in [4.78, 5) is 28.2. The minimum Gasteiger partial charge on any atom is -0.458 e. The second-order valence-corrected chi connectivity index (χ2v) is 7.64. The smallest absolute Gasteiger partial charge is 0.313 e. The molecule has 0 radical (unpaired) electrons. The van der Waals surface area contributed by atoms with Crippen LogP contribution in [0.25, 0.3) is 0 Å². The summed E-state index contributed by atoms with van der Waals surface area (Å²) in [7, 11) is 0. The second-order valence-electron chi connectivity index (χ2n) is 5.96. The first kappa shape index (κ1) is 22.2. The number of hydrogen-bond donors (Lipinski definition) is 2. The topological polar surface area (TPSA) is 83.7 Å². The highest BCUT2D eigenvalue weighted by atomic mass is 35.5. The molecule has 6 nitrogen and oxygen atoms in total. The number of carbonyl (C=O) groups excluding carboxylic acids is 2. The minimum atomic E-state index is -0.848. The van der Waals surface area contributed by atoms with E-state index in [1.165, 1.54) is 24.4 Å². The molecule has 0 fully saturated rings. The first-order valence-electron chi connectivity index (χ1n) is 8.43. The van der Waals surface area contributed by atoms with Crippen LogP contribution in [0.15, 0.2) is 57.9 Å². The maximum Gasteiger partial charge on any atom is 0.313 e. The molecule has 10 heteroatoms. The third kappa shape index (κ3) is 6.24. The predicted molar refractivity (Wildman–Crippen MR) is 119 cm³/mol. The first-order valence-corrected chi connectivity index (χ1v) is 9.94. The molecule has 2 N–H and O–H groups in total. The van der Waals surface area contributed by atoms with Gasteiger partial charge in [-0.25, -0.2) is 0 Å². The Labute approximate surface area is 191 Å². The third-order valence-electron chi connectivity index (χ3n) is 3.68. The molecular formula is C20H13Cl4N3O3. The van der Waals surface area contributed by atoms with Crippen LogP contribution in [0.3, 0.4) is 0 Å². The van der Waals surface area contributed by atoms with E-state index in [1.807, 2.05) is 0 Å². The van der Waals surface area contributed by atoms with Gasteiger partial charge in [0.2, 0.25) is 0 Å². The molecular weight excluding hydrogens is 472 g/mol. The predicted octanol–water partition coefficient (Wildman–Crippen LogP) is 5.90. The zero-order valence-corrected chi connectivity index (χ0v) is 18.1. The molecule has 0 aliphatic rings. The lowest BCUT2D eigenvalue weighted by Crippen LogP contribution is -2.34. The van der Waals surface area contributed by atoms with Crippen LogP contribution in [0.4, 0.5) is 11.4 Å². The lowest BCUT2D eigenvalue weighted by Gasteiger charge is -2.06. The number of carbonyl (C=O) groups is 2. The summed E-state index contributed by atoms with van der Waals surface area (Å²) >= 11 is 23.6. The van der Waals surface area contributed by atoms with Crippen molar-refractivity contribution in [2.45, 2.75) is 6.54 Å². The van der Waals surface area contributed by atoms with E-state index in [0.717, 1.165) is 0 Å². The Morgan fingerprint density at radius 2 is 1.63 bits per heavy atom. The van der Waals surface area contributed by atoms with E-state index in [1.54, 1.807) is 30.3 Å². The molecule has 1 heterocycles. The van der Waals surface area contributed by atoms with Crippen molar-refractivity contribution in [3.63, 3.8) is 0 Å². The number of hydrogen-bond acceptors (Lipinski definition) is 4. The van der Waals surface area contributed by atoms with Gasteiger partial charge < -0.3 is 15.1 Å². The number of anilines is 1. The van der Waals surface area contributed by atoms with Gasteiger partial charge in [0, 0.05) is 15.7 Å². The molecule has 0 bridgehead atoms. The van der Waals surface area contributed by atoms with Gasteiger partial charge in [0.05, 0.1) is 28.5 Å². The lowest BCUT2D eigenvalue weighted by molar-refractivity contribution is -0.136. The van der Waals surface area contributed by atoms with Crippen molar-refractivity contribution >= 4 is 75.8 Å². The number of aliphatic imine (C=N–C) groups is 1. The molecule has 30 heavy (non-hydrogen) atoms. The Hall–Kier alpha value is -2.51. The monoisotopic (exact) mass is 483 g/mol. The summed E-state index contributed by atoms with van der Waals surface area (Å²) < 4.78 is 5.55. The number of nitrogens with one attached hydrogen (secondary N) is 2. The summed E-state index contributed by atoms with van der Waals surface area (Å²) in [6, 6.07) is 12.7. The molecule has 3 aromatic rings. The Morgan fingerprint density at radius 1 is 0.900 bits per heavy atom. The molecule has 0 saturated heterocycles. The van der Waals surface area contributed by atoms with Crippen molar-refractivity contribution in [1.82, 2.24) is 5.32 Å². The second kappa shape index (κ2) is 10.00. The normalized spacial score (nSPS) is 10.9. The highest BCUT2D eigenvalue weighted by Crippen LogP contribution is 2.25. The highest BCUT2D eigenvalue weighted by Gasteiger charge is 2.14. The van der Waals surface area contributed by atoms with Gasteiger partial charge in [0.25, 0.3) is 0 Å². The van der Waals surface area contributed by atoms with Crippen LogP contribution >= 0.6 is 46.4 Å². The molecule has 1 aromatic heterocycles. The first-order chi connectivity index (χ1) is 14.3. The fourth-order valence-electron chi connectivity index (χ4n) is 2.32. The van der Waals surface area contributed by atoms with Gasteiger partial charge >= 0.3 is 11.8 Å². The van der Waals surface area contributed by atoms with Crippen molar-refractivity contribution in [3.8, 4) is 0 Å². The summed E-state index contributed by atoms with van der Waals surface area (Å²) in [5, 5.41) is 6.44.